The van der Waals surface area contributed by atoms with E-state index in [1.165, 1.54) is 6.20 Å². The van der Waals surface area contributed by atoms with Gasteiger partial charge in [-0.3, -0.25) is 0 Å². The van der Waals surface area contributed by atoms with Gasteiger partial charge >= 0.3 is 0 Å². The van der Waals surface area contributed by atoms with E-state index in [1.807, 2.05) is 0 Å². The second kappa shape index (κ2) is 1.89. The van der Waals surface area contributed by atoms with Crippen LogP contribution in [0.1, 0.15) is 0 Å². The maximum atomic E-state index is 12.3. The molecule has 0 spiro atoms. The minimum absolute atomic E-state index is 0.121. The highest BCUT2D eigenvalue weighted by molar-refractivity contribution is 5.42. The number of anilines is 2. The van der Waals surface area contributed by atoms with E-state index in [0.717, 1.165) is 6.07 Å². The summed E-state index contributed by atoms with van der Waals surface area (Å²) in [5, 5.41) is 0. The van der Waals surface area contributed by atoms with Crippen LogP contribution in [0.5, 0.6) is 0 Å². The highest BCUT2D eigenvalue weighted by Crippen LogP contribution is 2.08. The van der Waals surface area contributed by atoms with Gasteiger partial charge < -0.3 is 11.5 Å². The molecule has 0 saturated heterocycles. The fraction of sp³-hybridized carbons (Fsp3) is 0. The third-order valence-electron chi connectivity index (χ3n) is 0.891. The molecule has 0 aliphatic carbocycles. The molecule has 0 radical (unpaired) electrons. The average Bonchev–Trinajstić information content (AvgIpc) is 1.80. The zero-order chi connectivity index (χ0) is 6.85. The molecule has 0 amide bonds. The molecule has 48 valence electrons. The van der Waals surface area contributed by atoms with Crippen LogP contribution >= 0.6 is 0 Å². The summed E-state index contributed by atoms with van der Waals surface area (Å²) in [4.78, 5) is 3.46. The van der Waals surface area contributed by atoms with Gasteiger partial charge in [0.15, 0.2) is 11.6 Å². The lowest BCUT2D eigenvalue weighted by molar-refractivity contribution is 0.628. The number of nitrogens with two attached hydrogens (primary N) is 2. The molecule has 0 saturated carbocycles. The number of hydrogen-bond acceptors (Lipinski definition) is 3. The Morgan fingerprint density at radius 1 is 1.44 bits per heavy atom. The van der Waals surface area contributed by atoms with E-state index in [-0.39, 0.29) is 11.5 Å². The van der Waals surface area contributed by atoms with Gasteiger partial charge in [-0.15, -0.1) is 0 Å². The van der Waals surface area contributed by atoms with Gasteiger partial charge in [-0.1, -0.05) is 0 Å². The van der Waals surface area contributed by atoms with Gasteiger partial charge in [0.25, 0.3) is 0 Å². The van der Waals surface area contributed by atoms with Gasteiger partial charge in [-0.25, -0.2) is 9.37 Å². The summed E-state index contributed by atoms with van der Waals surface area (Å²) in [7, 11) is 0. The molecule has 1 aromatic rings. The Hall–Kier alpha value is -1.32. The van der Waals surface area contributed by atoms with Crippen molar-refractivity contribution in [1.29, 1.82) is 0 Å². The lowest BCUT2D eigenvalue weighted by atomic mass is 10.4. The summed E-state index contributed by atoms with van der Waals surface area (Å²) >= 11 is 0. The third kappa shape index (κ3) is 1.07. The van der Waals surface area contributed by atoms with E-state index < -0.39 is 5.82 Å². The van der Waals surface area contributed by atoms with Crippen molar-refractivity contribution in [2.24, 2.45) is 0 Å². The SMILES string of the molecule is Nc1cnc(N)c(F)c1. The molecule has 0 bridgehead atoms. The normalized spacial score (nSPS) is 9.44. The Bertz CT molecular complexity index is 223. The maximum Gasteiger partial charge on any atom is 0.167 e. The van der Waals surface area contributed by atoms with Gasteiger partial charge in [0, 0.05) is 6.07 Å². The quantitative estimate of drug-likeness (QED) is 0.529. The predicted molar refractivity (Wildman–Crippen MR) is 33.0 cm³/mol. The van der Waals surface area contributed by atoms with Crippen molar-refractivity contribution in [3.05, 3.63) is 18.1 Å². The molecule has 0 aromatic carbocycles. The van der Waals surface area contributed by atoms with E-state index in [0.29, 0.717) is 0 Å². The van der Waals surface area contributed by atoms with Gasteiger partial charge in [0.2, 0.25) is 0 Å². The Morgan fingerprint density at radius 3 is 2.56 bits per heavy atom. The molecule has 0 aliphatic rings. The molecule has 4 heteroatoms. The second-order valence-electron chi connectivity index (χ2n) is 1.64. The molecule has 4 N–H and O–H groups in total. The van der Waals surface area contributed by atoms with Crippen LogP contribution in [0.25, 0.3) is 0 Å². The van der Waals surface area contributed by atoms with Crippen LogP contribution in [0, 0.1) is 5.82 Å². The maximum absolute atomic E-state index is 12.3. The second-order valence-corrected chi connectivity index (χ2v) is 1.64. The van der Waals surface area contributed by atoms with Gasteiger partial charge in [-0.2, -0.15) is 0 Å². The number of pyridine rings is 1. The molecule has 9 heavy (non-hydrogen) atoms. The third-order valence-corrected chi connectivity index (χ3v) is 0.891. The Kier molecular flexibility index (Phi) is 1.22. The molecular formula is C5H6FN3. The molecule has 1 aromatic heterocycles. The van der Waals surface area contributed by atoms with Crippen molar-refractivity contribution in [3.63, 3.8) is 0 Å². The fourth-order valence-corrected chi connectivity index (χ4v) is 0.463. The number of rotatable bonds is 0. The fourth-order valence-electron chi connectivity index (χ4n) is 0.463. The van der Waals surface area contributed by atoms with Crippen LogP contribution in [0.3, 0.4) is 0 Å². The molecule has 1 rings (SSSR count). The first-order valence-electron chi connectivity index (χ1n) is 2.36. The lowest BCUT2D eigenvalue weighted by Crippen LogP contribution is -1.96. The number of nitrogen functional groups attached to an aromatic ring is 2. The Morgan fingerprint density at radius 2 is 2.11 bits per heavy atom. The summed E-state index contributed by atoms with van der Waals surface area (Å²) < 4.78 is 12.3. The number of aromatic nitrogens is 1. The molecule has 0 fully saturated rings. The van der Waals surface area contributed by atoms with Crippen LogP contribution in [-0.4, -0.2) is 4.98 Å². The number of halogens is 1. The molecule has 0 aliphatic heterocycles. The van der Waals surface area contributed by atoms with E-state index >= 15 is 0 Å². The summed E-state index contributed by atoms with van der Waals surface area (Å²) in [6, 6.07) is 1.13. The van der Waals surface area contributed by atoms with E-state index in [4.69, 9.17) is 11.5 Å². The predicted octanol–water partition coefficient (Wildman–Crippen LogP) is 0.385. The smallest absolute Gasteiger partial charge is 0.167 e. The summed E-state index contributed by atoms with van der Waals surface area (Å²) in [5.41, 5.74) is 10.5. The zero-order valence-corrected chi connectivity index (χ0v) is 4.63. The van der Waals surface area contributed by atoms with Gasteiger partial charge in [0.1, 0.15) is 0 Å². The minimum atomic E-state index is -0.574. The molecule has 0 unspecified atom stereocenters. The van der Waals surface area contributed by atoms with Crippen LogP contribution in [-0.2, 0) is 0 Å². The summed E-state index contributed by atoms with van der Waals surface area (Å²) in [6.45, 7) is 0. The number of nitrogens with zero attached hydrogens (tertiary/aromatic N) is 1. The van der Waals surface area contributed by atoms with E-state index in [1.54, 1.807) is 0 Å². The first-order valence-corrected chi connectivity index (χ1v) is 2.36. The van der Waals surface area contributed by atoms with Crippen molar-refractivity contribution in [2.75, 3.05) is 11.5 Å². The summed E-state index contributed by atoms with van der Waals surface area (Å²) in [5.74, 6) is -0.695. The van der Waals surface area contributed by atoms with Crippen LogP contribution in [0.2, 0.25) is 0 Å². The highest BCUT2D eigenvalue weighted by Gasteiger charge is 1.96. The first-order chi connectivity index (χ1) is 4.20. The standard InChI is InChI=1S/C5H6FN3/c6-4-1-3(7)2-9-5(4)8/h1-2H,7H2,(H2,8,9). The molecule has 0 atom stereocenters. The van der Waals surface area contributed by atoms with Crippen molar-refractivity contribution in [2.45, 2.75) is 0 Å². The van der Waals surface area contributed by atoms with Gasteiger partial charge in [0.05, 0.1) is 11.9 Å². The number of hydrogen-bond donors (Lipinski definition) is 2. The first kappa shape index (κ1) is 5.81. The minimum Gasteiger partial charge on any atom is -0.397 e. The van der Waals surface area contributed by atoms with Crippen LogP contribution in [0.4, 0.5) is 15.9 Å². The molecule has 3 nitrogen and oxygen atoms in total. The molecular weight excluding hydrogens is 121 g/mol. The topological polar surface area (TPSA) is 64.9 Å². The lowest BCUT2D eigenvalue weighted by Gasteiger charge is -1.94. The molecule has 1 heterocycles. The largest absolute Gasteiger partial charge is 0.397 e. The Labute approximate surface area is 51.5 Å². The van der Waals surface area contributed by atoms with Gasteiger partial charge in [-0.05, 0) is 0 Å². The van der Waals surface area contributed by atoms with E-state index in [2.05, 4.69) is 4.98 Å². The monoisotopic (exact) mass is 127 g/mol. The van der Waals surface area contributed by atoms with Crippen molar-refractivity contribution >= 4 is 11.5 Å². The van der Waals surface area contributed by atoms with Crippen molar-refractivity contribution < 1.29 is 4.39 Å². The van der Waals surface area contributed by atoms with Crippen molar-refractivity contribution in [1.82, 2.24) is 4.98 Å². The van der Waals surface area contributed by atoms with Crippen LogP contribution < -0.4 is 11.5 Å². The zero-order valence-electron chi connectivity index (χ0n) is 4.63. The Balaban J connectivity index is 3.17. The van der Waals surface area contributed by atoms with E-state index in [9.17, 15) is 4.39 Å². The van der Waals surface area contributed by atoms with Crippen LogP contribution in [0.15, 0.2) is 12.3 Å². The highest BCUT2D eigenvalue weighted by atomic mass is 19.1. The summed E-state index contributed by atoms with van der Waals surface area (Å²) in [6.07, 6.45) is 1.30. The van der Waals surface area contributed by atoms with Crippen molar-refractivity contribution in [3.8, 4) is 0 Å². The average molecular weight is 127 g/mol.